The maximum Gasteiger partial charge on any atom is 0.341 e. The number of benzene rings is 1. The first kappa shape index (κ1) is 24.7. The SMILES string of the molecule is CCC(C)(C)C1CCc2c(sc(NC(=O)c3cc(-c4cccs4)nc4ccccc34)c2C(=O)OC)C1. The zero-order valence-corrected chi connectivity index (χ0v) is 22.6. The number of nitrogens with one attached hydrogen (secondary N) is 1. The van der Waals surface area contributed by atoms with Crippen molar-refractivity contribution in [3.05, 3.63) is 69.4 Å². The van der Waals surface area contributed by atoms with Crippen LogP contribution in [0.5, 0.6) is 0 Å². The molecule has 5 nitrogen and oxygen atoms in total. The van der Waals surface area contributed by atoms with Crippen LogP contribution in [-0.2, 0) is 17.6 Å². The molecule has 1 aromatic carbocycles. The first-order chi connectivity index (χ1) is 17.3. The lowest BCUT2D eigenvalue weighted by Gasteiger charge is -2.36. The number of amides is 1. The molecule has 3 heterocycles. The van der Waals surface area contributed by atoms with Gasteiger partial charge in [-0.2, -0.15) is 0 Å². The van der Waals surface area contributed by atoms with Gasteiger partial charge in [0.05, 0.1) is 34.3 Å². The van der Waals surface area contributed by atoms with Gasteiger partial charge in [-0.25, -0.2) is 9.78 Å². The van der Waals surface area contributed by atoms with Crippen molar-refractivity contribution in [1.29, 1.82) is 0 Å². The Balaban J connectivity index is 1.54. The van der Waals surface area contributed by atoms with E-state index in [1.165, 1.54) is 23.3 Å². The molecular formula is C29H30N2O3S2. The minimum atomic E-state index is -0.394. The molecule has 0 aliphatic heterocycles. The predicted octanol–water partition coefficient (Wildman–Crippen LogP) is 7.60. The van der Waals surface area contributed by atoms with Crippen molar-refractivity contribution in [3.8, 4) is 10.6 Å². The van der Waals surface area contributed by atoms with Crippen molar-refractivity contribution in [2.24, 2.45) is 11.3 Å². The lowest BCUT2D eigenvalue weighted by molar-refractivity contribution is 0.0600. The summed E-state index contributed by atoms with van der Waals surface area (Å²) in [4.78, 5) is 33.5. The number of ether oxygens (including phenoxy) is 1. The van der Waals surface area contributed by atoms with Gasteiger partial charge in [-0.15, -0.1) is 22.7 Å². The van der Waals surface area contributed by atoms with Crippen LogP contribution in [-0.4, -0.2) is 24.0 Å². The van der Waals surface area contributed by atoms with E-state index >= 15 is 0 Å². The van der Waals surface area contributed by atoms with Crippen molar-refractivity contribution in [3.63, 3.8) is 0 Å². The third-order valence-corrected chi connectivity index (χ3v) is 9.69. The highest BCUT2D eigenvalue weighted by atomic mass is 32.1. The molecule has 1 unspecified atom stereocenters. The first-order valence-corrected chi connectivity index (χ1v) is 14.0. The summed E-state index contributed by atoms with van der Waals surface area (Å²) in [6.07, 6.45) is 3.87. The highest BCUT2D eigenvalue weighted by molar-refractivity contribution is 7.17. The number of methoxy groups -OCH3 is 1. The van der Waals surface area contributed by atoms with Crippen LogP contribution in [0.25, 0.3) is 21.5 Å². The van der Waals surface area contributed by atoms with Gasteiger partial charge in [0.2, 0.25) is 0 Å². The maximum absolute atomic E-state index is 13.7. The van der Waals surface area contributed by atoms with Gasteiger partial charge in [-0.1, -0.05) is 51.5 Å². The van der Waals surface area contributed by atoms with Crippen molar-refractivity contribution in [1.82, 2.24) is 4.98 Å². The van der Waals surface area contributed by atoms with E-state index in [4.69, 9.17) is 9.72 Å². The second-order valence-electron chi connectivity index (χ2n) is 9.98. The molecule has 0 spiro atoms. The molecule has 5 rings (SSSR count). The van der Waals surface area contributed by atoms with Gasteiger partial charge in [-0.3, -0.25) is 4.79 Å². The molecule has 1 aliphatic carbocycles. The largest absolute Gasteiger partial charge is 0.465 e. The Hall–Kier alpha value is -3.03. The molecule has 7 heteroatoms. The number of para-hydroxylation sites is 1. The number of anilines is 1. The number of pyridine rings is 1. The van der Waals surface area contributed by atoms with Crippen molar-refractivity contribution >= 4 is 50.5 Å². The number of nitrogens with zero attached hydrogens (tertiary/aromatic N) is 1. The van der Waals surface area contributed by atoms with E-state index in [1.54, 1.807) is 11.3 Å². The summed E-state index contributed by atoms with van der Waals surface area (Å²) in [5.74, 6) is -0.101. The highest BCUT2D eigenvalue weighted by Crippen LogP contribution is 2.46. The van der Waals surface area contributed by atoms with Crippen molar-refractivity contribution in [2.45, 2.75) is 46.5 Å². The predicted molar refractivity (Wildman–Crippen MR) is 148 cm³/mol. The van der Waals surface area contributed by atoms with E-state index in [-0.39, 0.29) is 11.3 Å². The molecule has 186 valence electrons. The smallest absolute Gasteiger partial charge is 0.341 e. The van der Waals surface area contributed by atoms with E-state index in [2.05, 4.69) is 26.1 Å². The summed E-state index contributed by atoms with van der Waals surface area (Å²) in [5, 5.41) is 6.44. The molecular weight excluding hydrogens is 488 g/mol. The quantitative estimate of drug-likeness (QED) is 0.267. The Morgan fingerprint density at radius 3 is 2.72 bits per heavy atom. The number of thiophene rings is 2. The number of hydrogen-bond donors (Lipinski definition) is 1. The Kier molecular flexibility index (Phi) is 6.70. The van der Waals surface area contributed by atoms with Gasteiger partial charge in [0.15, 0.2) is 0 Å². The van der Waals surface area contributed by atoms with Crippen LogP contribution in [0.4, 0.5) is 5.00 Å². The summed E-state index contributed by atoms with van der Waals surface area (Å²) in [6, 6.07) is 13.5. The summed E-state index contributed by atoms with van der Waals surface area (Å²) in [5.41, 5.74) is 3.83. The lowest BCUT2D eigenvalue weighted by atomic mass is 9.69. The number of esters is 1. The van der Waals surface area contributed by atoms with Crippen LogP contribution in [0.1, 0.15) is 64.8 Å². The van der Waals surface area contributed by atoms with Gasteiger partial charge in [0.1, 0.15) is 5.00 Å². The normalized spacial score (nSPS) is 15.5. The third kappa shape index (κ3) is 4.46. The van der Waals surface area contributed by atoms with E-state index in [9.17, 15) is 9.59 Å². The van der Waals surface area contributed by atoms with E-state index in [0.29, 0.717) is 22.0 Å². The van der Waals surface area contributed by atoms with E-state index in [1.807, 2.05) is 47.8 Å². The zero-order valence-electron chi connectivity index (χ0n) is 21.0. The lowest BCUT2D eigenvalue weighted by Crippen LogP contribution is -2.28. The monoisotopic (exact) mass is 518 g/mol. The first-order valence-electron chi connectivity index (χ1n) is 12.3. The fourth-order valence-electron chi connectivity index (χ4n) is 5.03. The fraction of sp³-hybridized carbons (Fsp3) is 0.345. The molecule has 1 aliphatic rings. The molecule has 36 heavy (non-hydrogen) atoms. The van der Waals surface area contributed by atoms with Crippen LogP contribution in [0.15, 0.2) is 47.8 Å². The topological polar surface area (TPSA) is 68.3 Å². The Morgan fingerprint density at radius 2 is 2.00 bits per heavy atom. The highest BCUT2D eigenvalue weighted by Gasteiger charge is 2.35. The molecule has 1 amide bonds. The third-order valence-electron chi connectivity index (χ3n) is 7.63. The minimum Gasteiger partial charge on any atom is -0.465 e. The number of carbonyl (C=O) groups excluding carboxylic acids is 2. The number of fused-ring (bicyclic) bond motifs is 2. The molecule has 1 atom stereocenters. The van der Waals surface area contributed by atoms with Crippen LogP contribution in [0.3, 0.4) is 0 Å². The molecule has 4 aromatic rings. The number of hydrogen-bond acceptors (Lipinski definition) is 6. The van der Waals surface area contributed by atoms with Crippen LogP contribution in [0.2, 0.25) is 0 Å². The average molecular weight is 519 g/mol. The second-order valence-corrected chi connectivity index (χ2v) is 12.0. The van der Waals surface area contributed by atoms with E-state index in [0.717, 1.165) is 52.7 Å². The summed E-state index contributed by atoms with van der Waals surface area (Å²) >= 11 is 3.11. The van der Waals surface area contributed by atoms with Gasteiger partial charge in [-0.05, 0) is 59.7 Å². The molecule has 0 bridgehead atoms. The molecule has 0 fully saturated rings. The van der Waals surface area contributed by atoms with Gasteiger partial charge in [0.25, 0.3) is 5.91 Å². The standard InChI is InChI=1S/C29H30N2O3S2/c1-5-29(2,3)17-12-13-19-24(15-17)36-27(25(19)28(33)34-4)31-26(32)20-16-22(23-11-8-14-35-23)30-21-10-7-6-9-18(20)21/h6-11,14,16-17H,5,12-13,15H2,1-4H3,(H,31,32). The minimum absolute atomic E-state index is 0.227. The van der Waals surface area contributed by atoms with Gasteiger partial charge < -0.3 is 10.1 Å². The Bertz CT molecular complexity index is 1440. The van der Waals surface area contributed by atoms with E-state index < -0.39 is 5.97 Å². The molecule has 0 saturated heterocycles. The maximum atomic E-state index is 13.7. The van der Waals surface area contributed by atoms with Crippen molar-refractivity contribution < 1.29 is 14.3 Å². The van der Waals surface area contributed by atoms with Crippen molar-refractivity contribution in [2.75, 3.05) is 12.4 Å². The summed E-state index contributed by atoms with van der Waals surface area (Å²) < 4.78 is 5.15. The average Bonchev–Trinajstić information content (AvgIpc) is 3.55. The van der Waals surface area contributed by atoms with Crippen LogP contribution in [0, 0.1) is 11.3 Å². The van der Waals surface area contributed by atoms with Crippen LogP contribution >= 0.6 is 22.7 Å². The van der Waals surface area contributed by atoms with Gasteiger partial charge in [0, 0.05) is 10.3 Å². The Labute approximate surface area is 219 Å². The molecule has 3 aromatic heterocycles. The van der Waals surface area contributed by atoms with Crippen LogP contribution < -0.4 is 5.32 Å². The fourth-order valence-corrected chi connectivity index (χ4v) is 7.03. The molecule has 1 N–H and O–H groups in total. The number of carbonyl (C=O) groups is 2. The molecule has 0 saturated carbocycles. The summed E-state index contributed by atoms with van der Waals surface area (Å²) in [7, 11) is 1.40. The van der Waals surface area contributed by atoms with Gasteiger partial charge >= 0.3 is 5.97 Å². The second kappa shape index (κ2) is 9.79. The number of aromatic nitrogens is 1. The zero-order chi connectivity index (χ0) is 25.4. The molecule has 0 radical (unpaired) electrons. The Morgan fingerprint density at radius 1 is 1.19 bits per heavy atom. The summed E-state index contributed by atoms with van der Waals surface area (Å²) in [6.45, 7) is 6.87. The number of rotatable bonds is 6.